The average molecular weight is 197 g/mol. The lowest BCUT2D eigenvalue weighted by atomic mass is 9.78. The molecule has 1 saturated heterocycles. The number of likely N-dealkylation sites (tertiary alicyclic amines) is 1. The van der Waals surface area contributed by atoms with Crippen LogP contribution in [0.15, 0.2) is 0 Å². The van der Waals surface area contributed by atoms with Crippen molar-refractivity contribution >= 4 is 5.78 Å². The lowest BCUT2D eigenvalue weighted by Gasteiger charge is -2.40. The van der Waals surface area contributed by atoms with Gasteiger partial charge in [0.25, 0.3) is 0 Å². The third kappa shape index (κ3) is 2.57. The molecule has 0 N–H and O–H groups in total. The molecule has 1 unspecified atom stereocenters. The minimum absolute atomic E-state index is 0.122. The minimum atomic E-state index is 0.122. The van der Waals surface area contributed by atoms with Crippen molar-refractivity contribution in [3.63, 3.8) is 0 Å². The molecular weight excluding hydrogens is 174 g/mol. The SMILES string of the molecule is CCC1(C)CCN(C(C)C(C)=O)CC1. The summed E-state index contributed by atoms with van der Waals surface area (Å²) in [5.74, 6) is 0.296. The van der Waals surface area contributed by atoms with Gasteiger partial charge < -0.3 is 0 Å². The largest absolute Gasteiger partial charge is 0.298 e. The predicted octanol–water partition coefficient (Wildman–Crippen LogP) is 2.48. The monoisotopic (exact) mass is 197 g/mol. The van der Waals surface area contributed by atoms with Gasteiger partial charge in [-0.05, 0) is 45.2 Å². The molecule has 2 nitrogen and oxygen atoms in total. The van der Waals surface area contributed by atoms with Crippen LogP contribution in [0.2, 0.25) is 0 Å². The van der Waals surface area contributed by atoms with Crippen LogP contribution in [0, 0.1) is 5.41 Å². The van der Waals surface area contributed by atoms with E-state index in [0.29, 0.717) is 11.2 Å². The third-order valence-electron chi connectivity index (χ3n) is 3.99. The van der Waals surface area contributed by atoms with Crippen molar-refractivity contribution < 1.29 is 4.79 Å². The minimum Gasteiger partial charge on any atom is -0.298 e. The van der Waals surface area contributed by atoms with Crippen LogP contribution in [0.25, 0.3) is 0 Å². The van der Waals surface area contributed by atoms with E-state index in [0.717, 1.165) is 13.1 Å². The molecule has 0 aliphatic carbocycles. The molecule has 1 atom stereocenters. The zero-order valence-corrected chi connectivity index (χ0v) is 9.97. The molecular formula is C12H23NO. The Hall–Kier alpha value is -0.370. The van der Waals surface area contributed by atoms with Crippen LogP contribution < -0.4 is 0 Å². The molecule has 0 radical (unpaired) electrons. The first-order chi connectivity index (χ1) is 6.48. The van der Waals surface area contributed by atoms with Gasteiger partial charge in [-0.1, -0.05) is 20.3 Å². The van der Waals surface area contributed by atoms with Gasteiger partial charge in [-0.3, -0.25) is 9.69 Å². The molecule has 0 spiro atoms. The summed E-state index contributed by atoms with van der Waals surface area (Å²) in [7, 11) is 0. The standard InChI is InChI=1S/C12H23NO/c1-5-12(4)6-8-13(9-7-12)10(2)11(3)14/h10H,5-9H2,1-4H3. The van der Waals surface area contributed by atoms with Crippen molar-refractivity contribution in [1.82, 2.24) is 4.90 Å². The van der Waals surface area contributed by atoms with Gasteiger partial charge >= 0.3 is 0 Å². The molecule has 1 heterocycles. The van der Waals surface area contributed by atoms with Crippen LogP contribution in [0.4, 0.5) is 0 Å². The normalized spacial score (nSPS) is 24.6. The van der Waals surface area contributed by atoms with E-state index < -0.39 is 0 Å². The maximum absolute atomic E-state index is 11.2. The van der Waals surface area contributed by atoms with Gasteiger partial charge in [0.05, 0.1) is 6.04 Å². The molecule has 0 aromatic heterocycles. The van der Waals surface area contributed by atoms with Gasteiger partial charge in [-0.15, -0.1) is 0 Å². The highest BCUT2D eigenvalue weighted by Gasteiger charge is 2.30. The number of carbonyl (C=O) groups is 1. The number of hydrogen-bond donors (Lipinski definition) is 0. The van der Waals surface area contributed by atoms with E-state index in [2.05, 4.69) is 18.7 Å². The molecule has 1 rings (SSSR count). The van der Waals surface area contributed by atoms with E-state index in [1.165, 1.54) is 19.3 Å². The van der Waals surface area contributed by atoms with E-state index in [4.69, 9.17) is 0 Å². The summed E-state index contributed by atoms with van der Waals surface area (Å²) in [6.45, 7) is 10.5. The summed E-state index contributed by atoms with van der Waals surface area (Å²) in [5, 5.41) is 0. The van der Waals surface area contributed by atoms with Crippen LogP contribution in [0.5, 0.6) is 0 Å². The topological polar surface area (TPSA) is 20.3 Å². The molecule has 1 aliphatic rings. The fourth-order valence-corrected chi connectivity index (χ4v) is 2.06. The number of rotatable bonds is 3. The van der Waals surface area contributed by atoms with E-state index in [1.807, 2.05) is 6.92 Å². The summed E-state index contributed by atoms with van der Waals surface area (Å²) < 4.78 is 0. The Morgan fingerprint density at radius 3 is 2.29 bits per heavy atom. The summed E-state index contributed by atoms with van der Waals surface area (Å²) in [6.07, 6.45) is 3.73. The smallest absolute Gasteiger partial charge is 0.146 e. The van der Waals surface area contributed by atoms with E-state index >= 15 is 0 Å². The van der Waals surface area contributed by atoms with Crippen molar-refractivity contribution in [2.75, 3.05) is 13.1 Å². The highest BCUT2D eigenvalue weighted by molar-refractivity contribution is 5.80. The van der Waals surface area contributed by atoms with E-state index in [9.17, 15) is 4.79 Å². The zero-order chi connectivity index (χ0) is 10.8. The van der Waals surface area contributed by atoms with E-state index in [1.54, 1.807) is 6.92 Å². The van der Waals surface area contributed by atoms with Gasteiger partial charge in [0.15, 0.2) is 0 Å². The lowest BCUT2D eigenvalue weighted by molar-refractivity contribution is -0.122. The van der Waals surface area contributed by atoms with Crippen LogP contribution in [0.3, 0.4) is 0 Å². The van der Waals surface area contributed by atoms with Crippen molar-refractivity contribution in [2.45, 2.75) is 53.0 Å². The fraction of sp³-hybridized carbons (Fsp3) is 0.917. The number of carbonyl (C=O) groups excluding carboxylic acids is 1. The molecule has 1 aliphatic heterocycles. The Morgan fingerprint density at radius 1 is 1.43 bits per heavy atom. The summed E-state index contributed by atoms with van der Waals surface area (Å²) in [5.41, 5.74) is 0.521. The Kier molecular flexibility index (Phi) is 3.71. The number of Topliss-reactive ketones (excluding diaryl/α,β-unsaturated/α-hetero) is 1. The van der Waals surface area contributed by atoms with E-state index in [-0.39, 0.29) is 6.04 Å². The maximum Gasteiger partial charge on any atom is 0.146 e. The van der Waals surface area contributed by atoms with Gasteiger partial charge in [0.1, 0.15) is 5.78 Å². The number of hydrogen-bond acceptors (Lipinski definition) is 2. The molecule has 0 bridgehead atoms. The molecule has 14 heavy (non-hydrogen) atoms. The first-order valence-corrected chi connectivity index (χ1v) is 5.73. The summed E-state index contributed by atoms with van der Waals surface area (Å²) in [6, 6.07) is 0.122. The summed E-state index contributed by atoms with van der Waals surface area (Å²) >= 11 is 0. The first-order valence-electron chi connectivity index (χ1n) is 5.73. The molecule has 0 amide bonds. The van der Waals surface area contributed by atoms with Crippen LogP contribution >= 0.6 is 0 Å². The van der Waals surface area contributed by atoms with Crippen LogP contribution in [-0.4, -0.2) is 29.8 Å². The lowest BCUT2D eigenvalue weighted by Crippen LogP contribution is -2.45. The van der Waals surface area contributed by atoms with Crippen molar-refractivity contribution in [2.24, 2.45) is 5.41 Å². The van der Waals surface area contributed by atoms with Crippen molar-refractivity contribution in [3.8, 4) is 0 Å². The quantitative estimate of drug-likeness (QED) is 0.692. The Bertz CT molecular complexity index is 204. The van der Waals surface area contributed by atoms with Crippen molar-refractivity contribution in [1.29, 1.82) is 0 Å². The maximum atomic E-state index is 11.2. The Morgan fingerprint density at radius 2 is 1.93 bits per heavy atom. The first kappa shape index (κ1) is 11.7. The molecule has 82 valence electrons. The van der Waals surface area contributed by atoms with Gasteiger partial charge in [0, 0.05) is 0 Å². The Labute approximate surface area is 87.7 Å². The predicted molar refractivity (Wildman–Crippen MR) is 59.3 cm³/mol. The molecule has 0 aromatic carbocycles. The molecule has 0 aromatic rings. The molecule has 1 fully saturated rings. The number of nitrogens with zero attached hydrogens (tertiary/aromatic N) is 1. The van der Waals surface area contributed by atoms with Crippen LogP contribution in [0.1, 0.15) is 47.0 Å². The van der Waals surface area contributed by atoms with Gasteiger partial charge in [-0.2, -0.15) is 0 Å². The average Bonchev–Trinajstić information content (AvgIpc) is 2.18. The molecule has 0 saturated carbocycles. The second-order valence-electron chi connectivity index (χ2n) is 4.99. The highest BCUT2D eigenvalue weighted by atomic mass is 16.1. The molecule has 2 heteroatoms. The van der Waals surface area contributed by atoms with Gasteiger partial charge in [-0.25, -0.2) is 0 Å². The van der Waals surface area contributed by atoms with Gasteiger partial charge in [0.2, 0.25) is 0 Å². The highest BCUT2D eigenvalue weighted by Crippen LogP contribution is 2.34. The second kappa shape index (κ2) is 4.43. The second-order valence-corrected chi connectivity index (χ2v) is 4.99. The number of piperidine rings is 1. The summed E-state index contributed by atoms with van der Waals surface area (Å²) in [4.78, 5) is 13.6. The zero-order valence-electron chi connectivity index (χ0n) is 9.97. The van der Waals surface area contributed by atoms with Crippen LogP contribution in [-0.2, 0) is 4.79 Å². The fourth-order valence-electron chi connectivity index (χ4n) is 2.06. The van der Waals surface area contributed by atoms with Crippen molar-refractivity contribution in [3.05, 3.63) is 0 Å². The third-order valence-corrected chi connectivity index (χ3v) is 3.99. The Balaban J connectivity index is 2.47. The number of ketones is 1.